The molecule has 0 heterocycles. The Kier molecular flexibility index (Phi) is 5.07. The molecule has 0 bridgehead atoms. The Hall–Kier alpha value is -1.94. The number of aldehydes is 1. The van der Waals surface area contributed by atoms with Gasteiger partial charge < -0.3 is 9.47 Å². The summed E-state index contributed by atoms with van der Waals surface area (Å²) in [5.74, 6) is 2.35. The Balaban J connectivity index is 2.19. The minimum absolute atomic E-state index is 0.654. The Labute approximate surface area is 122 Å². The number of carbonyl (C=O) groups is 1. The zero-order valence-corrected chi connectivity index (χ0v) is 12.3. The van der Waals surface area contributed by atoms with E-state index in [0.29, 0.717) is 11.3 Å². The van der Waals surface area contributed by atoms with Gasteiger partial charge in [-0.15, -0.1) is 11.8 Å². The number of carbonyl (C=O) groups excluding carboxylic acids is 1. The minimum atomic E-state index is 0.654. The maximum Gasteiger partial charge on any atom is 0.150 e. The van der Waals surface area contributed by atoms with Crippen LogP contribution in [-0.2, 0) is 5.75 Å². The van der Waals surface area contributed by atoms with Crippen molar-refractivity contribution in [3.63, 3.8) is 0 Å². The van der Waals surface area contributed by atoms with Crippen molar-refractivity contribution in [3.05, 3.63) is 53.6 Å². The smallest absolute Gasteiger partial charge is 0.150 e. The average Bonchev–Trinajstić information content (AvgIpc) is 2.52. The highest BCUT2D eigenvalue weighted by Crippen LogP contribution is 2.33. The molecule has 20 heavy (non-hydrogen) atoms. The number of hydrogen-bond donors (Lipinski definition) is 0. The molecule has 2 aromatic carbocycles. The van der Waals surface area contributed by atoms with Crippen LogP contribution < -0.4 is 9.47 Å². The number of hydrogen-bond acceptors (Lipinski definition) is 4. The van der Waals surface area contributed by atoms with Crippen LogP contribution >= 0.6 is 11.8 Å². The second-order valence-electron chi connectivity index (χ2n) is 4.13. The van der Waals surface area contributed by atoms with Crippen LogP contribution in [0.4, 0.5) is 0 Å². The maximum absolute atomic E-state index is 10.9. The quantitative estimate of drug-likeness (QED) is 0.598. The average molecular weight is 288 g/mol. The Bertz CT molecular complexity index is 596. The molecule has 0 aliphatic carbocycles. The van der Waals surface area contributed by atoms with Crippen molar-refractivity contribution < 1.29 is 14.3 Å². The van der Waals surface area contributed by atoms with Crippen molar-refractivity contribution in [2.45, 2.75) is 10.6 Å². The highest BCUT2D eigenvalue weighted by Gasteiger charge is 2.07. The van der Waals surface area contributed by atoms with E-state index >= 15 is 0 Å². The van der Waals surface area contributed by atoms with Gasteiger partial charge in [0.25, 0.3) is 0 Å². The van der Waals surface area contributed by atoms with E-state index < -0.39 is 0 Å². The highest BCUT2D eigenvalue weighted by atomic mass is 32.2. The van der Waals surface area contributed by atoms with Crippen LogP contribution in [0, 0.1) is 0 Å². The zero-order valence-electron chi connectivity index (χ0n) is 11.5. The largest absolute Gasteiger partial charge is 0.496 e. The summed E-state index contributed by atoms with van der Waals surface area (Å²) >= 11 is 1.65. The monoisotopic (exact) mass is 288 g/mol. The van der Waals surface area contributed by atoms with Gasteiger partial charge in [0.2, 0.25) is 0 Å². The Morgan fingerprint density at radius 1 is 1.05 bits per heavy atom. The van der Waals surface area contributed by atoms with Gasteiger partial charge >= 0.3 is 0 Å². The minimum Gasteiger partial charge on any atom is -0.496 e. The molecule has 0 saturated heterocycles. The first-order valence-corrected chi connectivity index (χ1v) is 7.15. The molecule has 0 saturated carbocycles. The second kappa shape index (κ2) is 7.01. The van der Waals surface area contributed by atoms with Gasteiger partial charge in [0.1, 0.15) is 17.8 Å². The number of thioether (sulfide) groups is 1. The third-order valence-electron chi connectivity index (χ3n) is 2.89. The van der Waals surface area contributed by atoms with E-state index in [4.69, 9.17) is 9.47 Å². The molecule has 0 N–H and O–H groups in total. The number of para-hydroxylation sites is 1. The molecule has 0 aliphatic heterocycles. The molecule has 2 aromatic rings. The lowest BCUT2D eigenvalue weighted by Gasteiger charge is -2.11. The number of rotatable bonds is 6. The molecule has 0 atom stereocenters. The third kappa shape index (κ3) is 3.33. The first-order valence-electron chi connectivity index (χ1n) is 6.16. The highest BCUT2D eigenvalue weighted by molar-refractivity contribution is 7.98. The van der Waals surface area contributed by atoms with Crippen LogP contribution in [0.3, 0.4) is 0 Å². The predicted octanol–water partition coefficient (Wildman–Crippen LogP) is 3.81. The van der Waals surface area contributed by atoms with Crippen molar-refractivity contribution in [2.75, 3.05) is 14.2 Å². The lowest BCUT2D eigenvalue weighted by atomic mass is 10.1. The molecule has 0 amide bonds. The van der Waals surface area contributed by atoms with E-state index in [9.17, 15) is 4.79 Å². The Morgan fingerprint density at radius 2 is 1.80 bits per heavy atom. The summed E-state index contributed by atoms with van der Waals surface area (Å²) in [7, 11) is 3.29. The van der Waals surface area contributed by atoms with Crippen molar-refractivity contribution in [2.24, 2.45) is 0 Å². The van der Waals surface area contributed by atoms with E-state index in [-0.39, 0.29) is 0 Å². The summed E-state index contributed by atoms with van der Waals surface area (Å²) in [6.07, 6.45) is 0.844. The van der Waals surface area contributed by atoms with Crippen molar-refractivity contribution >= 4 is 18.0 Å². The molecular formula is C16H16O3S. The molecule has 0 spiro atoms. The summed E-state index contributed by atoms with van der Waals surface area (Å²) in [4.78, 5) is 11.9. The van der Waals surface area contributed by atoms with Crippen LogP contribution in [0.1, 0.15) is 15.9 Å². The Morgan fingerprint density at radius 3 is 2.50 bits per heavy atom. The summed E-state index contributed by atoms with van der Waals surface area (Å²) in [6, 6.07) is 13.3. The van der Waals surface area contributed by atoms with Crippen molar-refractivity contribution in [3.8, 4) is 11.5 Å². The van der Waals surface area contributed by atoms with Crippen LogP contribution in [0.5, 0.6) is 11.5 Å². The first-order chi connectivity index (χ1) is 9.78. The van der Waals surface area contributed by atoms with Crippen LogP contribution in [0.15, 0.2) is 47.4 Å². The van der Waals surface area contributed by atoms with Crippen LogP contribution in [0.25, 0.3) is 0 Å². The van der Waals surface area contributed by atoms with Gasteiger partial charge in [-0.25, -0.2) is 0 Å². The number of benzene rings is 2. The second-order valence-corrected chi connectivity index (χ2v) is 5.15. The fraction of sp³-hybridized carbons (Fsp3) is 0.188. The SMILES string of the molecule is COc1ccc(C=O)cc1CSc1ccccc1OC. The zero-order chi connectivity index (χ0) is 14.4. The van der Waals surface area contributed by atoms with Gasteiger partial charge in [0.05, 0.1) is 14.2 Å². The summed E-state index contributed by atoms with van der Waals surface area (Å²) in [5.41, 5.74) is 1.65. The molecule has 3 nitrogen and oxygen atoms in total. The van der Waals surface area contributed by atoms with E-state index in [2.05, 4.69) is 0 Å². The molecule has 0 radical (unpaired) electrons. The van der Waals surface area contributed by atoms with Gasteiger partial charge in [-0.2, -0.15) is 0 Å². The molecule has 2 rings (SSSR count). The molecular weight excluding hydrogens is 272 g/mol. The van der Waals surface area contributed by atoms with E-state index in [1.54, 1.807) is 32.0 Å². The first kappa shape index (κ1) is 14.5. The van der Waals surface area contributed by atoms with Crippen molar-refractivity contribution in [1.82, 2.24) is 0 Å². The third-order valence-corrected chi connectivity index (χ3v) is 4.00. The maximum atomic E-state index is 10.9. The van der Waals surface area contributed by atoms with Crippen LogP contribution in [0.2, 0.25) is 0 Å². The van der Waals surface area contributed by atoms with E-state index in [0.717, 1.165) is 28.2 Å². The number of ether oxygens (including phenoxy) is 2. The van der Waals surface area contributed by atoms with Gasteiger partial charge in [-0.05, 0) is 30.3 Å². The number of methoxy groups -OCH3 is 2. The molecule has 0 aliphatic rings. The molecule has 4 heteroatoms. The summed E-state index contributed by atoms with van der Waals surface area (Å²) in [6.45, 7) is 0. The van der Waals surface area contributed by atoms with E-state index in [1.807, 2.05) is 36.4 Å². The van der Waals surface area contributed by atoms with Crippen molar-refractivity contribution in [1.29, 1.82) is 0 Å². The van der Waals surface area contributed by atoms with Gasteiger partial charge in [0.15, 0.2) is 0 Å². The molecule has 104 valence electrons. The fourth-order valence-electron chi connectivity index (χ4n) is 1.88. The summed E-state index contributed by atoms with van der Waals surface area (Å²) < 4.78 is 10.7. The van der Waals surface area contributed by atoms with Crippen LogP contribution in [-0.4, -0.2) is 20.5 Å². The van der Waals surface area contributed by atoms with Gasteiger partial charge in [-0.3, -0.25) is 4.79 Å². The van der Waals surface area contributed by atoms with Gasteiger partial charge in [0, 0.05) is 21.8 Å². The lowest BCUT2D eigenvalue weighted by Crippen LogP contribution is -1.93. The van der Waals surface area contributed by atoms with Gasteiger partial charge in [-0.1, -0.05) is 12.1 Å². The lowest BCUT2D eigenvalue weighted by molar-refractivity contribution is 0.112. The van der Waals surface area contributed by atoms with E-state index in [1.165, 1.54) is 0 Å². The molecule has 0 aromatic heterocycles. The fourth-order valence-corrected chi connectivity index (χ4v) is 2.88. The summed E-state index contributed by atoms with van der Waals surface area (Å²) in [5, 5.41) is 0. The molecule has 0 fully saturated rings. The normalized spacial score (nSPS) is 10.1. The topological polar surface area (TPSA) is 35.5 Å². The predicted molar refractivity (Wildman–Crippen MR) is 80.9 cm³/mol. The molecule has 0 unspecified atom stereocenters. The standard InChI is InChI=1S/C16H16O3S/c1-18-14-8-7-12(10-17)9-13(14)11-20-16-6-4-3-5-15(16)19-2/h3-10H,11H2,1-2H3.